The summed E-state index contributed by atoms with van der Waals surface area (Å²) in [6.07, 6.45) is 6.93. The molecule has 0 atom stereocenters. The van der Waals surface area contributed by atoms with Crippen LogP contribution in [0.3, 0.4) is 0 Å². The third kappa shape index (κ3) is 2.66. The van der Waals surface area contributed by atoms with E-state index in [2.05, 4.69) is 10.2 Å². The van der Waals surface area contributed by atoms with Crippen LogP contribution in [0.2, 0.25) is 0 Å². The van der Waals surface area contributed by atoms with Gasteiger partial charge in [0.15, 0.2) is 0 Å². The Hall–Kier alpha value is -0.950. The third-order valence-electron chi connectivity index (χ3n) is 3.34. The number of rotatable bonds is 2. The molecule has 1 aliphatic carbocycles. The highest BCUT2D eigenvalue weighted by molar-refractivity contribution is 7.89. The number of hydrogen-bond acceptors (Lipinski definition) is 4. The molecule has 0 aliphatic heterocycles. The molecule has 0 saturated heterocycles. The van der Waals surface area contributed by atoms with E-state index in [1.807, 2.05) is 0 Å². The van der Waals surface area contributed by atoms with Gasteiger partial charge in [0.25, 0.3) is 15.2 Å². The summed E-state index contributed by atoms with van der Waals surface area (Å²) in [5, 5.41) is 12.6. The molecule has 0 spiro atoms. The van der Waals surface area contributed by atoms with Crippen molar-refractivity contribution < 1.29 is 8.42 Å². The number of sulfonamides is 1. The summed E-state index contributed by atoms with van der Waals surface area (Å²) in [4.78, 5) is 0. The van der Waals surface area contributed by atoms with Crippen molar-refractivity contribution in [1.82, 2.24) is 14.8 Å². The van der Waals surface area contributed by atoms with Crippen LogP contribution in [-0.4, -0.2) is 23.2 Å². The first-order valence-electron chi connectivity index (χ1n) is 5.92. The molecular weight excluding hydrogens is 240 g/mol. The van der Waals surface area contributed by atoms with Crippen molar-refractivity contribution in [2.45, 2.75) is 49.6 Å². The Bertz CT molecular complexity index is 486. The van der Waals surface area contributed by atoms with Crippen LogP contribution in [0.4, 0.5) is 0 Å². The van der Waals surface area contributed by atoms with Crippen LogP contribution >= 0.6 is 0 Å². The summed E-state index contributed by atoms with van der Waals surface area (Å²) in [6.45, 7) is 0. The highest BCUT2D eigenvalue weighted by atomic mass is 32.2. The lowest BCUT2D eigenvalue weighted by molar-refractivity contribution is 0.529. The molecule has 0 amide bonds. The topological polar surface area (TPSA) is 90.9 Å². The van der Waals surface area contributed by atoms with E-state index in [9.17, 15) is 8.42 Å². The Labute approximate surface area is 101 Å². The fourth-order valence-electron chi connectivity index (χ4n) is 2.47. The molecule has 0 aromatic carbocycles. The second-order valence-electron chi connectivity index (χ2n) is 4.63. The van der Waals surface area contributed by atoms with E-state index < -0.39 is 10.0 Å². The van der Waals surface area contributed by atoms with Crippen molar-refractivity contribution in [2.24, 2.45) is 12.2 Å². The zero-order chi connectivity index (χ0) is 12.5. The van der Waals surface area contributed by atoms with E-state index in [1.165, 1.54) is 30.3 Å². The average Bonchev–Trinajstić information content (AvgIpc) is 2.50. The smallest absolute Gasteiger partial charge is 0.273 e. The molecule has 7 heteroatoms. The minimum absolute atomic E-state index is 0.142. The zero-order valence-electron chi connectivity index (χ0n) is 9.96. The number of nitrogens with two attached hydrogens (primary N) is 1. The third-order valence-corrected chi connectivity index (χ3v) is 4.21. The molecule has 1 fully saturated rings. The van der Waals surface area contributed by atoms with Gasteiger partial charge in [-0.3, -0.25) is 0 Å². The molecule has 0 radical (unpaired) electrons. The standard InChI is InChI=1S/C10H18N4O2S/c1-14-9(8-6-4-2-3-5-7-8)12-13-10(14)17(11,15)16/h8H,2-7H2,1H3,(H2,11,15,16). The predicted octanol–water partition coefficient (Wildman–Crippen LogP) is 0.900. The van der Waals surface area contributed by atoms with E-state index in [1.54, 1.807) is 7.05 Å². The van der Waals surface area contributed by atoms with E-state index in [-0.39, 0.29) is 5.16 Å². The van der Waals surface area contributed by atoms with E-state index in [0.717, 1.165) is 18.7 Å². The number of primary sulfonamides is 1. The molecule has 1 aliphatic rings. The molecule has 1 aromatic rings. The van der Waals surface area contributed by atoms with Crippen LogP contribution < -0.4 is 5.14 Å². The van der Waals surface area contributed by atoms with Gasteiger partial charge in [0, 0.05) is 13.0 Å². The van der Waals surface area contributed by atoms with Crippen molar-refractivity contribution in [2.75, 3.05) is 0 Å². The maximum Gasteiger partial charge on any atom is 0.273 e. The Morgan fingerprint density at radius 3 is 2.24 bits per heavy atom. The minimum atomic E-state index is -3.77. The van der Waals surface area contributed by atoms with Gasteiger partial charge in [-0.2, -0.15) is 0 Å². The summed E-state index contributed by atoms with van der Waals surface area (Å²) in [5.74, 6) is 1.06. The van der Waals surface area contributed by atoms with Crippen LogP contribution in [0.1, 0.15) is 50.3 Å². The van der Waals surface area contributed by atoms with Gasteiger partial charge in [0.05, 0.1) is 0 Å². The van der Waals surface area contributed by atoms with E-state index in [4.69, 9.17) is 5.14 Å². The predicted molar refractivity (Wildman–Crippen MR) is 62.8 cm³/mol. The Morgan fingerprint density at radius 2 is 1.76 bits per heavy atom. The average molecular weight is 258 g/mol. The fourth-order valence-corrected chi connectivity index (χ4v) is 3.10. The van der Waals surface area contributed by atoms with Crippen molar-refractivity contribution in [3.8, 4) is 0 Å². The molecule has 96 valence electrons. The first-order chi connectivity index (χ1) is 8.00. The number of nitrogens with zero attached hydrogens (tertiary/aromatic N) is 3. The monoisotopic (exact) mass is 258 g/mol. The summed E-state index contributed by atoms with van der Waals surface area (Å²) in [5.41, 5.74) is 0. The molecule has 1 saturated carbocycles. The quantitative estimate of drug-likeness (QED) is 0.798. The second kappa shape index (κ2) is 4.73. The first kappa shape index (κ1) is 12.5. The van der Waals surface area contributed by atoms with Gasteiger partial charge in [0.1, 0.15) is 5.82 Å². The summed E-state index contributed by atoms with van der Waals surface area (Å²) in [6, 6.07) is 0. The van der Waals surface area contributed by atoms with E-state index in [0.29, 0.717) is 5.92 Å². The number of aromatic nitrogens is 3. The largest absolute Gasteiger partial charge is 0.304 e. The lowest BCUT2D eigenvalue weighted by Gasteiger charge is -2.12. The van der Waals surface area contributed by atoms with Gasteiger partial charge in [-0.25, -0.2) is 13.6 Å². The van der Waals surface area contributed by atoms with Gasteiger partial charge in [-0.1, -0.05) is 25.7 Å². The molecule has 2 rings (SSSR count). The maximum absolute atomic E-state index is 11.3. The molecule has 1 heterocycles. The van der Waals surface area contributed by atoms with Gasteiger partial charge in [-0.15, -0.1) is 10.2 Å². The number of hydrogen-bond donors (Lipinski definition) is 1. The minimum Gasteiger partial charge on any atom is -0.304 e. The van der Waals surface area contributed by atoms with Crippen molar-refractivity contribution in [1.29, 1.82) is 0 Å². The SMILES string of the molecule is Cn1c(C2CCCCCC2)nnc1S(N)(=O)=O. The van der Waals surface area contributed by atoms with Gasteiger partial charge >= 0.3 is 0 Å². The van der Waals surface area contributed by atoms with E-state index >= 15 is 0 Å². The fraction of sp³-hybridized carbons (Fsp3) is 0.800. The summed E-state index contributed by atoms with van der Waals surface area (Å²) < 4.78 is 24.1. The highest BCUT2D eigenvalue weighted by Crippen LogP contribution is 2.30. The Morgan fingerprint density at radius 1 is 1.18 bits per heavy atom. The van der Waals surface area contributed by atoms with Crippen LogP contribution in [0.25, 0.3) is 0 Å². The molecule has 2 N–H and O–H groups in total. The maximum atomic E-state index is 11.3. The zero-order valence-corrected chi connectivity index (χ0v) is 10.8. The lowest BCUT2D eigenvalue weighted by atomic mass is 10.00. The molecule has 0 unspecified atom stereocenters. The molecule has 0 bridgehead atoms. The molecular formula is C10H18N4O2S. The normalized spacial score (nSPS) is 19.2. The van der Waals surface area contributed by atoms with Crippen molar-refractivity contribution in [3.63, 3.8) is 0 Å². The van der Waals surface area contributed by atoms with Crippen LogP contribution in [0, 0.1) is 0 Å². The Balaban J connectivity index is 2.30. The van der Waals surface area contributed by atoms with Crippen LogP contribution in [0.15, 0.2) is 5.16 Å². The summed E-state index contributed by atoms with van der Waals surface area (Å²) in [7, 11) is -2.10. The molecule has 1 aromatic heterocycles. The van der Waals surface area contributed by atoms with Crippen LogP contribution in [-0.2, 0) is 17.1 Å². The molecule has 6 nitrogen and oxygen atoms in total. The first-order valence-corrected chi connectivity index (χ1v) is 7.47. The van der Waals surface area contributed by atoms with Gasteiger partial charge in [0.2, 0.25) is 0 Å². The lowest BCUT2D eigenvalue weighted by Crippen LogP contribution is -2.18. The molecule has 17 heavy (non-hydrogen) atoms. The van der Waals surface area contributed by atoms with Crippen LogP contribution in [0.5, 0.6) is 0 Å². The van der Waals surface area contributed by atoms with Crippen molar-refractivity contribution >= 4 is 10.0 Å². The Kier molecular flexibility index (Phi) is 3.48. The highest BCUT2D eigenvalue weighted by Gasteiger charge is 2.24. The summed E-state index contributed by atoms with van der Waals surface area (Å²) >= 11 is 0. The van der Waals surface area contributed by atoms with Gasteiger partial charge < -0.3 is 4.57 Å². The van der Waals surface area contributed by atoms with Crippen molar-refractivity contribution in [3.05, 3.63) is 5.82 Å². The second-order valence-corrected chi connectivity index (χ2v) is 6.09. The van der Waals surface area contributed by atoms with Gasteiger partial charge in [-0.05, 0) is 12.8 Å².